The fourth-order valence-electron chi connectivity index (χ4n) is 5.58. The van der Waals surface area contributed by atoms with E-state index in [2.05, 4.69) is 52.9 Å². The van der Waals surface area contributed by atoms with Crippen LogP contribution in [0.15, 0.2) is 52.7 Å². The molecule has 0 bridgehead atoms. The Morgan fingerprint density at radius 1 is 1.12 bits per heavy atom. The summed E-state index contributed by atoms with van der Waals surface area (Å²) in [7, 11) is 0. The zero-order chi connectivity index (χ0) is 22.9. The zero-order valence-electron chi connectivity index (χ0n) is 20.1. The van der Waals surface area contributed by atoms with Gasteiger partial charge >= 0.3 is 0 Å². The van der Waals surface area contributed by atoms with Crippen LogP contribution in [-0.2, 0) is 11.3 Å². The Bertz CT molecular complexity index is 1110. The molecule has 172 valence electrons. The van der Waals surface area contributed by atoms with Crippen molar-refractivity contribution in [2.45, 2.75) is 46.6 Å². The van der Waals surface area contributed by atoms with Crippen LogP contribution >= 0.6 is 0 Å². The topological polar surface area (TPSA) is 48.8 Å². The van der Waals surface area contributed by atoms with Crippen molar-refractivity contribution in [3.8, 4) is 0 Å². The van der Waals surface area contributed by atoms with Gasteiger partial charge in [-0.15, -0.1) is 0 Å². The fourth-order valence-corrected chi connectivity index (χ4v) is 5.58. The Morgan fingerprint density at radius 2 is 1.94 bits per heavy atom. The number of rotatable bonds is 5. The molecule has 1 aromatic heterocycles. The van der Waals surface area contributed by atoms with Gasteiger partial charge in [-0.1, -0.05) is 18.2 Å². The minimum atomic E-state index is 0.303. The van der Waals surface area contributed by atoms with E-state index in [9.17, 15) is 4.79 Å². The molecule has 3 aliphatic rings. The highest BCUT2D eigenvalue weighted by molar-refractivity contribution is 6.15. The molecule has 0 radical (unpaired) electrons. The second-order valence-corrected chi connectivity index (χ2v) is 9.96. The molecule has 1 saturated heterocycles. The largest absolute Gasteiger partial charge is 0.338 e. The molecule has 0 saturated carbocycles. The monoisotopic (exact) mass is 442 g/mol. The maximum absolute atomic E-state index is 13.2. The number of benzene rings is 1. The van der Waals surface area contributed by atoms with Gasteiger partial charge in [-0.2, -0.15) is 0 Å². The Kier molecular flexibility index (Phi) is 6.15. The molecule has 4 heterocycles. The third-order valence-corrected chi connectivity index (χ3v) is 7.56. The van der Waals surface area contributed by atoms with Gasteiger partial charge in [0.1, 0.15) is 0 Å². The first-order valence-corrected chi connectivity index (χ1v) is 12.2. The molecule has 0 N–H and O–H groups in total. The Balaban J connectivity index is 1.19. The minimum Gasteiger partial charge on any atom is -0.338 e. The molecule has 1 atom stereocenters. The van der Waals surface area contributed by atoms with E-state index in [4.69, 9.17) is 4.99 Å². The van der Waals surface area contributed by atoms with E-state index in [1.165, 1.54) is 27.8 Å². The number of aromatic nitrogens is 1. The predicted octanol–water partition coefficient (Wildman–Crippen LogP) is 4.25. The average Bonchev–Trinajstić information content (AvgIpc) is 3.42. The van der Waals surface area contributed by atoms with E-state index >= 15 is 0 Å². The van der Waals surface area contributed by atoms with Gasteiger partial charge in [0.25, 0.3) is 0 Å². The van der Waals surface area contributed by atoms with Crippen LogP contribution in [-0.4, -0.2) is 59.1 Å². The van der Waals surface area contributed by atoms with Gasteiger partial charge < -0.3 is 4.90 Å². The summed E-state index contributed by atoms with van der Waals surface area (Å²) in [5.74, 6) is 0.759. The number of amides is 1. The van der Waals surface area contributed by atoms with E-state index in [-0.39, 0.29) is 0 Å². The molecule has 0 aliphatic carbocycles. The van der Waals surface area contributed by atoms with Gasteiger partial charge in [-0.3, -0.25) is 19.7 Å². The van der Waals surface area contributed by atoms with E-state index < -0.39 is 0 Å². The SMILES string of the molecule is Cc1cc(C2=NCC3=C2CN(C(=O)C[C@@H]2CCN(Cc4c(C)cccc4C)C2)CC3)ccn1. The molecule has 2 aromatic rings. The van der Waals surface area contributed by atoms with Crippen molar-refractivity contribution in [3.05, 3.63) is 75.6 Å². The summed E-state index contributed by atoms with van der Waals surface area (Å²) in [6.45, 7) is 11.8. The van der Waals surface area contributed by atoms with Crippen LogP contribution in [0.3, 0.4) is 0 Å². The zero-order valence-corrected chi connectivity index (χ0v) is 20.1. The molecular formula is C28H34N4O. The summed E-state index contributed by atoms with van der Waals surface area (Å²) < 4.78 is 0. The van der Waals surface area contributed by atoms with Crippen molar-refractivity contribution < 1.29 is 4.79 Å². The van der Waals surface area contributed by atoms with Crippen LogP contribution < -0.4 is 0 Å². The highest BCUT2D eigenvalue weighted by atomic mass is 16.2. The molecule has 0 unspecified atom stereocenters. The number of pyridine rings is 1. The fraction of sp³-hybridized carbons (Fsp3) is 0.464. The van der Waals surface area contributed by atoms with Gasteiger partial charge in [-0.05, 0) is 86.0 Å². The second-order valence-electron chi connectivity index (χ2n) is 9.96. The van der Waals surface area contributed by atoms with Gasteiger partial charge in [0, 0.05) is 50.1 Å². The quantitative estimate of drug-likeness (QED) is 0.696. The Morgan fingerprint density at radius 3 is 2.73 bits per heavy atom. The highest BCUT2D eigenvalue weighted by Gasteiger charge is 2.31. The van der Waals surface area contributed by atoms with Gasteiger partial charge in [0.05, 0.1) is 12.3 Å². The number of hydrogen-bond acceptors (Lipinski definition) is 4. The summed E-state index contributed by atoms with van der Waals surface area (Å²) in [6, 6.07) is 10.7. The summed E-state index contributed by atoms with van der Waals surface area (Å²) >= 11 is 0. The molecule has 1 amide bonds. The van der Waals surface area contributed by atoms with Crippen molar-refractivity contribution in [3.63, 3.8) is 0 Å². The van der Waals surface area contributed by atoms with Crippen LogP contribution in [0.4, 0.5) is 0 Å². The molecule has 5 heteroatoms. The standard InChI is InChI=1S/C28H34N4O/c1-19-5-4-6-20(2)25(19)17-31-11-8-22(16-31)14-27(33)32-12-9-24-15-30-28(26(24)18-32)23-7-10-29-21(3)13-23/h4-7,10,13,22H,8-9,11-12,14-18H2,1-3H3/t22-/m0/s1. The smallest absolute Gasteiger partial charge is 0.223 e. The molecular weight excluding hydrogens is 408 g/mol. The van der Waals surface area contributed by atoms with E-state index in [1.807, 2.05) is 19.2 Å². The molecule has 1 aromatic carbocycles. The number of carbonyl (C=O) groups is 1. The molecule has 5 nitrogen and oxygen atoms in total. The third-order valence-electron chi connectivity index (χ3n) is 7.56. The van der Waals surface area contributed by atoms with Crippen molar-refractivity contribution in [2.24, 2.45) is 10.9 Å². The lowest BCUT2D eigenvalue weighted by Gasteiger charge is -2.30. The second kappa shape index (κ2) is 9.22. The van der Waals surface area contributed by atoms with Crippen molar-refractivity contribution >= 4 is 11.6 Å². The van der Waals surface area contributed by atoms with Gasteiger partial charge in [0.2, 0.25) is 5.91 Å². The molecule has 5 rings (SSSR count). The highest BCUT2D eigenvalue weighted by Crippen LogP contribution is 2.30. The Labute approximate surface area is 197 Å². The summed E-state index contributed by atoms with van der Waals surface area (Å²) in [6.07, 6.45) is 4.57. The predicted molar refractivity (Wildman–Crippen MR) is 133 cm³/mol. The van der Waals surface area contributed by atoms with Crippen LogP contribution in [0, 0.1) is 26.7 Å². The van der Waals surface area contributed by atoms with E-state index in [0.717, 1.165) is 62.5 Å². The number of hydrogen-bond donors (Lipinski definition) is 0. The minimum absolute atomic E-state index is 0.303. The molecule has 1 fully saturated rings. The number of carbonyl (C=O) groups excluding carboxylic acids is 1. The van der Waals surface area contributed by atoms with Crippen molar-refractivity contribution in [1.29, 1.82) is 0 Å². The van der Waals surface area contributed by atoms with Crippen LogP contribution in [0.25, 0.3) is 0 Å². The number of aryl methyl sites for hydroxylation is 3. The van der Waals surface area contributed by atoms with Gasteiger partial charge in [-0.25, -0.2) is 0 Å². The van der Waals surface area contributed by atoms with Crippen LogP contribution in [0.1, 0.15) is 47.2 Å². The normalized spacial score (nSPS) is 20.9. The maximum atomic E-state index is 13.2. The van der Waals surface area contributed by atoms with E-state index in [1.54, 1.807) is 0 Å². The lowest BCUT2D eigenvalue weighted by molar-refractivity contribution is -0.131. The van der Waals surface area contributed by atoms with Crippen LogP contribution in [0.2, 0.25) is 0 Å². The average molecular weight is 443 g/mol. The third kappa shape index (κ3) is 4.65. The van der Waals surface area contributed by atoms with Gasteiger partial charge in [0.15, 0.2) is 0 Å². The summed E-state index contributed by atoms with van der Waals surface area (Å²) in [4.78, 5) is 27.0. The summed E-state index contributed by atoms with van der Waals surface area (Å²) in [5, 5.41) is 0. The maximum Gasteiger partial charge on any atom is 0.223 e. The Hall–Kier alpha value is -2.79. The lowest BCUT2D eigenvalue weighted by atomic mass is 9.94. The lowest BCUT2D eigenvalue weighted by Crippen LogP contribution is -2.39. The first-order chi connectivity index (χ1) is 16.0. The molecule has 33 heavy (non-hydrogen) atoms. The van der Waals surface area contributed by atoms with Crippen molar-refractivity contribution in [2.75, 3.05) is 32.7 Å². The molecule has 0 spiro atoms. The van der Waals surface area contributed by atoms with Crippen LogP contribution in [0.5, 0.6) is 0 Å². The number of aliphatic imine (C=N–C) groups is 1. The first kappa shape index (κ1) is 22.0. The number of likely N-dealkylation sites (tertiary alicyclic amines) is 1. The number of nitrogens with zero attached hydrogens (tertiary/aromatic N) is 4. The van der Waals surface area contributed by atoms with Crippen molar-refractivity contribution in [1.82, 2.24) is 14.8 Å². The summed E-state index contributed by atoms with van der Waals surface area (Å²) in [5.41, 5.74) is 10.0. The van der Waals surface area contributed by atoms with E-state index in [0.29, 0.717) is 24.8 Å². The molecule has 3 aliphatic heterocycles. The first-order valence-electron chi connectivity index (χ1n) is 12.2.